The Morgan fingerprint density at radius 2 is 2.21 bits per heavy atom. The summed E-state index contributed by atoms with van der Waals surface area (Å²) in [5.74, 6) is 0. The Balaban J connectivity index is 3.43. The first-order valence-corrected chi connectivity index (χ1v) is 4.82. The van der Waals surface area contributed by atoms with Crippen LogP contribution in [0.15, 0.2) is 0 Å². The molecule has 0 aliphatic heterocycles. The van der Waals surface area contributed by atoms with E-state index in [0.29, 0.717) is 19.6 Å². The first-order chi connectivity index (χ1) is 6.52. The Labute approximate surface area is 86.0 Å². The van der Waals surface area contributed by atoms with Crippen LogP contribution in [0, 0.1) is 11.3 Å². The zero-order valence-electron chi connectivity index (χ0n) is 9.25. The summed E-state index contributed by atoms with van der Waals surface area (Å²) in [6.45, 7) is 4.90. The van der Waals surface area contributed by atoms with Gasteiger partial charge in [0.1, 0.15) is 5.54 Å². The first kappa shape index (κ1) is 13.4. The minimum Gasteiger partial charge on any atom is -0.382 e. The number of hydrogen-bond donors (Lipinski definition) is 1. The van der Waals surface area contributed by atoms with Gasteiger partial charge in [0.05, 0.1) is 18.8 Å². The van der Waals surface area contributed by atoms with Gasteiger partial charge in [-0.05, 0) is 26.7 Å². The van der Waals surface area contributed by atoms with Crippen LogP contribution in [-0.2, 0) is 9.47 Å². The van der Waals surface area contributed by atoms with E-state index in [-0.39, 0.29) is 6.10 Å². The number of nitrogens with zero attached hydrogens (tertiary/aromatic N) is 1. The van der Waals surface area contributed by atoms with E-state index in [9.17, 15) is 0 Å². The minimum absolute atomic E-state index is 0.103. The molecule has 4 heteroatoms. The molecule has 0 amide bonds. The van der Waals surface area contributed by atoms with E-state index in [0.717, 1.165) is 6.42 Å². The van der Waals surface area contributed by atoms with Crippen LogP contribution < -0.4 is 5.73 Å². The van der Waals surface area contributed by atoms with Crippen molar-refractivity contribution in [3.8, 4) is 6.07 Å². The molecular weight excluding hydrogens is 180 g/mol. The zero-order chi connectivity index (χ0) is 11.0. The minimum atomic E-state index is -0.728. The highest BCUT2D eigenvalue weighted by Gasteiger charge is 2.16. The van der Waals surface area contributed by atoms with Gasteiger partial charge < -0.3 is 15.2 Å². The molecule has 0 aliphatic rings. The summed E-state index contributed by atoms with van der Waals surface area (Å²) in [5, 5.41) is 8.65. The highest BCUT2D eigenvalue weighted by Crippen LogP contribution is 2.07. The molecule has 0 rings (SSSR count). The molecule has 2 unspecified atom stereocenters. The molecule has 2 N–H and O–H groups in total. The topological polar surface area (TPSA) is 68.3 Å². The molecule has 4 nitrogen and oxygen atoms in total. The zero-order valence-corrected chi connectivity index (χ0v) is 9.25. The molecule has 0 heterocycles. The standard InChI is InChI=1S/C10H20N2O2/c1-9(7-13-3)14-6-4-5-10(2,12)8-11/h9H,4-7,12H2,1-3H3. The third kappa shape index (κ3) is 6.84. The van der Waals surface area contributed by atoms with E-state index in [2.05, 4.69) is 6.07 Å². The second-order valence-corrected chi connectivity index (χ2v) is 3.77. The van der Waals surface area contributed by atoms with E-state index >= 15 is 0 Å². The molecule has 0 radical (unpaired) electrons. The normalized spacial score (nSPS) is 17.1. The Kier molecular flexibility index (Phi) is 6.46. The van der Waals surface area contributed by atoms with Crippen molar-refractivity contribution in [2.75, 3.05) is 20.3 Å². The Bertz CT molecular complexity index is 187. The van der Waals surface area contributed by atoms with Crippen LogP contribution in [0.5, 0.6) is 0 Å². The van der Waals surface area contributed by atoms with Gasteiger partial charge in [0.15, 0.2) is 0 Å². The van der Waals surface area contributed by atoms with Gasteiger partial charge in [-0.3, -0.25) is 0 Å². The maximum atomic E-state index is 8.65. The lowest BCUT2D eigenvalue weighted by molar-refractivity contribution is 0.00695. The lowest BCUT2D eigenvalue weighted by Crippen LogP contribution is -2.34. The molecule has 0 fully saturated rings. The summed E-state index contributed by atoms with van der Waals surface area (Å²) < 4.78 is 10.4. The second-order valence-electron chi connectivity index (χ2n) is 3.77. The van der Waals surface area contributed by atoms with E-state index in [1.54, 1.807) is 14.0 Å². The van der Waals surface area contributed by atoms with E-state index in [1.165, 1.54) is 0 Å². The van der Waals surface area contributed by atoms with Gasteiger partial charge in [-0.1, -0.05) is 0 Å². The second kappa shape index (κ2) is 6.77. The van der Waals surface area contributed by atoms with Crippen LogP contribution in [0.4, 0.5) is 0 Å². The van der Waals surface area contributed by atoms with Crippen molar-refractivity contribution in [1.29, 1.82) is 5.26 Å². The summed E-state index contributed by atoms with van der Waals surface area (Å²) in [4.78, 5) is 0. The number of nitrogens with two attached hydrogens (primary N) is 1. The van der Waals surface area contributed by atoms with Crippen molar-refractivity contribution in [3.05, 3.63) is 0 Å². The molecule has 14 heavy (non-hydrogen) atoms. The van der Waals surface area contributed by atoms with Crippen LogP contribution in [0.2, 0.25) is 0 Å². The van der Waals surface area contributed by atoms with Gasteiger partial charge >= 0.3 is 0 Å². The van der Waals surface area contributed by atoms with Gasteiger partial charge in [0.25, 0.3) is 0 Å². The van der Waals surface area contributed by atoms with Crippen molar-refractivity contribution in [1.82, 2.24) is 0 Å². The lowest BCUT2D eigenvalue weighted by atomic mass is 10.00. The fourth-order valence-corrected chi connectivity index (χ4v) is 1.06. The van der Waals surface area contributed by atoms with Crippen molar-refractivity contribution < 1.29 is 9.47 Å². The molecule has 2 atom stereocenters. The fourth-order valence-electron chi connectivity index (χ4n) is 1.06. The summed E-state index contributed by atoms with van der Waals surface area (Å²) >= 11 is 0. The monoisotopic (exact) mass is 200 g/mol. The first-order valence-electron chi connectivity index (χ1n) is 4.82. The molecule has 0 aliphatic carbocycles. The summed E-state index contributed by atoms with van der Waals surface area (Å²) in [6, 6.07) is 2.05. The number of methoxy groups -OCH3 is 1. The van der Waals surface area contributed by atoms with Crippen LogP contribution >= 0.6 is 0 Å². The van der Waals surface area contributed by atoms with E-state index in [1.807, 2.05) is 6.92 Å². The smallest absolute Gasteiger partial charge is 0.101 e. The quantitative estimate of drug-likeness (QED) is 0.624. The van der Waals surface area contributed by atoms with Gasteiger partial charge in [-0.2, -0.15) is 5.26 Å². The maximum absolute atomic E-state index is 8.65. The summed E-state index contributed by atoms with van der Waals surface area (Å²) in [7, 11) is 1.65. The maximum Gasteiger partial charge on any atom is 0.101 e. The number of ether oxygens (including phenoxy) is 2. The number of nitriles is 1. The van der Waals surface area contributed by atoms with Crippen molar-refractivity contribution in [2.24, 2.45) is 5.73 Å². The van der Waals surface area contributed by atoms with Gasteiger partial charge in [0.2, 0.25) is 0 Å². The third-order valence-corrected chi connectivity index (χ3v) is 1.90. The highest BCUT2D eigenvalue weighted by atomic mass is 16.5. The van der Waals surface area contributed by atoms with Crippen LogP contribution in [0.25, 0.3) is 0 Å². The van der Waals surface area contributed by atoms with Gasteiger partial charge in [-0.25, -0.2) is 0 Å². The summed E-state index contributed by atoms with van der Waals surface area (Å²) in [5.41, 5.74) is 4.92. The number of hydrogen-bond acceptors (Lipinski definition) is 4. The molecule has 0 aromatic heterocycles. The van der Waals surface area contributed by atoms with E-state index < -0.39 is 5.54 Å². The average molecular weight is 200 g/mol. The summed E-state index contributed by atoms with van der Waals surface area (Å²) in [6.07, 6.45) is 1.56. The Hall–Kier alpha value is -0.630. The van der Waals surface area contributed by atoms with Crippen LogP contribution in [0.1, 0.15) is 26.7 Å². The predicted octanol–water partition coefficient (Wildman–Crippen LogP) is 1.06. The van der Waals surface area contributed by atoms with Crippen molar-refractivity contribution in [3.63, 3.8) is 0 Å². The largest absolute Gasteiger partial charge is 0.382 e. The average Bonchev–Trinajstić information content (AvgIpc) is 2.13. The van der Waals surface area contributed by atoms with E-state index in [4.69, 9.17) is 20.5 Å². The third-order valence-electron chi connectivity index (χ3n) is 1.90. The molecule has 0 saturated heterocycles. The van der Waals surface area contributed by atoms with Gasteiger partial charge in [-0.15, -0.1) is 0 Å². The van der Waals surface area contributed by atoms with Crippen LogP contribution in [0.3, 0.4) is 0 Å². The van der Waals surface area contributed by atoms with Gasteiger partial charge in [0, 0.05) is 13.7 Å². The Morgan fingerprint density at radius 3 is 2.71 bits per heavy atom. The molecule has 82 valence electrons. The molecule has 0 saturated carbocycles. The predicted molar refractivity (Wildman–Crippen MR) is 54.7 cm³/mol. The molecular formula is C10H20N2O2. The lowest BCUT2D eigenvalue weighted by Gasteiger charge is -2.16. The molecule has 0 aromatic carbocycles. The Morgan fingerprint density at radius 1 is 1.57 bits per heavy atom. The fraction of sp³-hybridized carbons (Fsp3) is 0.900. The molecule has 0 bridgehead atoms. The van der Waals surface area contributed by atoms with Crippen molar-refractivity contribution >= 4 is 0 Å². The molecule has 0 spiro atoms. The SMILES string of the molecule is COCC(C)OCCCC(C)(N)C#N. The molecule has 0 aromatic rings. The number of rotatable bonds is 7. The highest BCUT2D eigenvalue weighted by molar-refractivity contribution is 5.00. The van der Waals surface area contributed by atoms with Crippen LogP contribution in [-0.4, -0.2) is 32.0 Å². The van der Waals surface area contributed by atoms with Crippen molar-refractivity contribution in [2.45, 2.75) is 38.3 Å².